The molecule has 3 heterocycles. The fourth-order valence-corrected chi connectivity index (χ4v) is 4.24. The topological polar surface area (TPSA) is 76.5 Å². The molecule has 1 saturated carbocycles. The predicted molar refractivity (Wildman–Crippen MR) is 106 cm³/mol. The van der Waals surface area contributed by atoms with Gasteiger partial charge in [0.15, 0.2) is 5.65 Å². The molecule has 6 nitrogen and oxygen atoms in total. The lowest BCUT2D eigenvalue weighted by Crippen LogP contribution is -2.45. The first kappa shape index (κ1) is 20.9. The molecule has 0 bridgehead atoms. The van der Waals surface area contributed by atoms with Crippen LogP contribution in [0.3, 0.4) is 0 Å². The number of carbonyl (C=O) groups is 1. The summed E-state index contributed by atoms with van der Waals surface area (Å²) >= 11 is 0. The van der Waals surface area contributed by atoms with Gasteiger partial charge >= 0.3 is 0 Å². The van der Waals surface area contributed by atoms with Crippen molar-refractivity contribution in [3.8, 4) is 0 Å². The molecule has 3 atom stereocenters. The van der Waals surface area contributed by atoms with Crippen molar-refractivity contribution in [2.75, 3.05) is 13.1 Å². The molecule has 144 valence electrons. The van der Waals surface area contributed by atoms with E-state index in [0.717, 1.165) is 63.1 Å². The van der Waals surface area contributed by atoms with E-state index in [0.29, 0.717) is 5.91 Å². The number of aromatic nitrogens is 3. The first-order chi connectivity index (χ1) is 11.7. The number of halogens is 2. The summed E-state index contributed by atoms with van der Waals surface area (Å²) in [6.07, 6.45) is 8.05. The van der Waals surface area contributed by atoms with E-state index < -0.39 is 0 Å². The SMILES string of the molecule is Cl.Cl.NC1CCCC(C(=O)N2CCCC(c3nnc4ccccn34)C2)C1. The minimum Gasteiger partial charge on any atom is -0.342 e. The minimum absolute atomic E-state index is 0. The number of hydrogen-bond acceptors (Lipinski definition) is 4. The Morgan fingerprint density at radius 2 is 1.96 bits per heavy atom. The monoisotopic (exact) mass is 399 g/mol. The Labute approximate surface area is 166 Å². The second-order valence-corrected chi connectivity index (χ2v) is 7.23. The molecule has 0 spiro atoms. The molecule has 1 aliphatic carbocycles. The first-order valence-electron chi connectivity index (χ1n) is 9.06. The quantitative estimate of drug-likeness (QED) is 0.841. The van der Waals surface area contributed by atoms with Gasteiger partial charge in [0, 0.05) is 37.2 Å². The Hall–Kier alpha value is -1.37. The Bertz CT molecular complexity index is 737. The summed E-state index contributed by atoms with van der Waals surface area (Å²) in [7, 11) is 0. The third-order valence-electron chi connectivity index (χ3n) is 5.50. The number of nitrogens with two attached hydrogens (primary N) is 1. The van der Waals surface area contributed by atoms with Crippen molar-refractivity contribution in [2.24, 2.45) is 11.7 Å². The molecule has 0 radical (unpaired) electrons. The van der Waals surface area contributed by atoms with Gasteiger partial charge in [-0.3, -0.25) is 9.20 Å². The number of amides is 1. The third-order valence-corrected chi connectivity index (χ3v) is 5.50. The Morgan fingerprint density at radius 1 is 1.12 bits per heavy atom. The van der Waals surface area contributed by atoms with Gasteiger partial charge in [-0.1, -0.05) is 12.5 Å². The molecule has 1 aliphatic heterocycles. The van der Waals surface area contributed by atoms with Crippen LogP contribution >= 0.6 is 24.8 Å². The molecule has 26 heavy (non-hydrogen) atoms. The maximum absolute atomic E-state index is 12.9. The Kier molecular flexibility index (Phi) is 7.26. The molecule has 2 N–H and O–H groups in total. The Morgan fingerprint density at radius 3 is 2.77 bits per heavy atom. The van der Waals surface area contributed by atoms with Gasteiger partial charge in [-0.25, -0.2) is 0 Å². The van der Waals surface area contributed by atoms with Crippen LogP contribution in [0.5, 0.6) is 0 Å². The van der Waals surface area contributed by atoms with Crippen LogP contribution in [-0.4, -0.2) is 44.5 Å². The first-order valence-corrected chi connectivity index (χ1v) is 9.06. The standard InChI is InChI=1S/C18H25N5O.2ClH/c19-15-7-3-5-13(11-15)18(24)22-9-4-6-14(12-22)17-21-20-16-8-1-2-10-23(16)17;;/h1-2,8,10,13-15H,3-7,9,11-12,19H2;2*1H. The van der Waals surface area contributed by atoms with Crippen LogP contribution in [0.1, 0.15) is 50.3 Å². The van der Waals surface area contributed by atoms with Crippen molar-refractivity contribution >= 4 is 36.4 Å². The fraction of sp³-hybridized carbons (Fsp3) is 0.611. The molecular formula is C18H27Cl2N5O. The Balaban J connectivity index is 0.00000121. The molecule has 2 aromatic heterocycles. The van der Waals surface area contributed by atoms with Gasteiger partial charge in [-0.15, -0.1) is 35.0 Å². The van der Waals surface area contributed by atoms with Crippen LogP contribution in [0.2, 0.25) is 0 Å². The largest absolute Gasteiger partial charge is 0.342 e. The minimum atomic E-state index is 0. The van der Waals surface area contributed by atoms with Gasteiger partial charge in [-0.2, -0.15) is 0 Å². The van der Waals surface area contributed by atoms with E-state index in [-0.39, 0.29) is 42.7 Å². The maximum atomic E-state index is 12.9. The van der Waals surface area contributed by atoms with Gasteiger partial charge in [0.05, 0.1) is 0 Å². The highest BCUT2D eigenvalue weighted by atomic mass is 35.5. The molecule has 1 saturated heterocycles. The average molecular weight is 400 g/mol. The molecule has 4 rings (SSSR count). The number of carbonyl (C=O) groups excluding carboxylic acids is 1. The van der Waals surface area contributed by atoms with Crippen LogP contribution in [-0.2, 0) is 4.79 Å². The van der Waals surface area contributed by atoms with Crippen LogP contribution in [0.15, 0.2) is 24.4 Å². The van der Waals surface area contributed by atoms with Crippen LogP contribution in [0.4, 0.5) is 0 Å². The summed E-state index contributed by atoms with van der Waals surface area (Å²) in [5.74, 6) is 1.65. The summed E-state index contributed by atoms with van der Waals surface area (Å²) in [4.78, 5) is 14.9. The van der Waals surface area contributed by atoms with E-state index >= 15 is 0 Å². The lowest BCUT2D eigenvalue weighted by Gasteiger charge is -2.36. The number of pyridine rings is 1. The molecular weight excluding hydrogens is 373 g/mol. The van der Waals surface area contributed by atoms with Crippen molar-refractivity contribution in [1.29, 1.82) is 0 Å². The van der Waals surface area contributed by atoms with E-state index in [1.165, 1.54) is 0 Å². The van der Waals surface area contributed by atoms with E-state index in [9.17, 15) is 4.79 Å². The summed E-state index contributed by atoms with van der Waals surface area (Å²) in [5.41, 5.74) is 6.94. The van der Waals surface area contributed by atoms with Crippen molar-refractivity contribution in [3.05, 3.63) is 30.2 Å². The lowest BCUT2D eigenvalue weighted by molar-refractivity contribution is -0.138. The zero-order chi connectivity index (χ0) is 16.5. The van der Waals surface area contributed by atoms with Crippen molar-refractivity contribution < 1.29 is 4.79 Å². The highest BCUT2D eigenvalue weighted by Gasteiger charge is 2.33. The van der Waals surface area contributed by atoms with Gasteiger partial charge in [0.2, 0.25) is 5.91 Å². The summed E-state index contributed by atoms with van der Waals surface area (Å²) in [5, 5.41) is 8.65. The van der Waals surface area contributed by atoms with Gasteiger partial charge < -0.3 is 10.6 Å². The fourth-order valence-electron chi connectivity index (χ4n) is 4.24. The number of nitrogens with zero attached hydrogens (tertiary/aromatic N) is 4. The zero-order valence-corrected chi connectivity index (χ0v) is 16.4. The second-order valence-electron chi connectivity index (χ2n) is 7.23. The molecule has 0 aromatic carbocycles. The maximum Gasteiger partial charge on any atom is 0.225 e. The number of likely N-dealkylation sites (tertiary alicyclic amines) is 1. The number of piperidine rings is 1. The third kappa shape index (κ3) is 4.13. The highest BCUT2D eigenvalue weighted by molar-refractivity contribution is 5.85. The molecule has 2 fully saturated rings. The van der Waals surface area contributed by atoms with E-state index in [2.05, 4.69) is 14.6 Å². The van der Waals surface area contributed by atoms with E-state index in [1.807, 2.05) is 29.3 Å². The lowest BCUT2D eigenvalue weighted by atomic mass is 9.84. The number of rotatable bonds is 2. The highest BCUT2D eigenvalue weighted by Crippen LogP contribution is 2.30. The summed E-state index contributed by atoms with van der Waals surface area (Å²) in [6, 6.07) is 6.12. The van der Waals surface area contributed by atoms with Gasteiger partial charge in [-0.05, 0) is 44.2 Å². The second kappa shape index (κ2) is 9.02. The van der Waals surface area contributed by atoms with Crippen LogP contribution < -0.4 is 5.73 Å². The molecule has 8 heteroatoms. The van der Waals surface area contributed by atoms with E-state index in [1.54, 1.807) is 0 Å². The van der Waals surface area contributed by atoms with Crippen molar-refractivity contribution in [3.63, 3.8) is 0 Å². The zero-order valence-electron chi connectivity index (χ0n) is 14.8. The summed E-state index contributed by atoms with van der Waals surface area (Å²) < 4.78 is 2.05. The molecule has 1 amide bonds. The molecule has 3 unspecified atom stereocenters. The molecule has 2 aliphatic rings. The smallest absolute Gasteiger partial charge is 0.225 e. The normalized spacial score (nSPS) is 26.0. The molecule has 2 aromatic rings. The number of fused-ring (bicyclic) bond motifs is 1. The summed E-state index contributed by atoms with van der Waals surface area (Å²) in [6.45, 7) is 1.61. The van der Waals surface area contributed by atoms with Crippen LogP contribution in [0.25, 0.3) is 5.65 Å². The van der Waals surface area contributed by atoms with Crippen LogP contribution in [0, 0.1) is 5.92 Å². The van der Waals surface area contributed by atoms with Gasteiger partial charge in [0.25, 0.3) is 0 Å². The van der Waals surface area contributed by atoms with E-state index in [4.69, 9.17) is 5.73 Å². The van der Waals surface area contributed by atoms with Gasteiger partial charge in [0.1, 0.15) is 5.82 Å². The predicted octanol–water partition coefficient (Wildman–Crippen LogP) is 2.80. The van der Waals surface area contributed by atoms with Crippen molar-refractivity contribution in [1.82, 2.24) is 19.5 Å². The average Bonchev–Trinajstić information content (AvgIpc) is 3.05. The van der Waals surface area contributed by atoms with Crippen molar-refractivity contribution in [2.45, 2.75) is 50.5 Å². The number of hydrogen-bond donors (Lipinski definition) is 1.